The third kappa shape index (κ3) is 2.73. The second kappa shape index (κ2) is 6.52. The molecule has 2 aliphatic rings. The fraction of sp³-hybridized carbons (Fsp3) is 0.400. The normalized spacial score (nSPS) is 20.3. The molecule has 3 aromatic rings. The van der Waals surface area contributed by atoms with Crippen molar-refractivity contribution in [3.05, 3.63) is 51.5 Å². The van der Waals surface area contributed by atoms with Gasteiger partial charge in [-0.3, -0.25) is 4.79 Å². The molecule has 1 aromatic carbocycles. The molecular weight excluding hydrogens is 348 g/mol. The van der Waals surface area contributed by atoms with Crippen molar-refractivity contribution >= 4 is 28.3 Å². The van der Waals surface area contributed by atoms with Gasteiger partial charge < -0.3 is 14.1 Å². The Balaban J connectivity index is 1.47. The Morgan fingerprint density at radius 2 is 2.19 bits per heavy atom. The van der Waals surface area contributed by atoms with Gasteiger partial charge in [-0.1, -0.05) is 12.1 Å². The van der Waals surface area contributed by atoms with Crippen molar-refractivity contribution in [1.29, 1.82) is 0 Å². The molecule has 1 unspecified atom stereocenters. The molecule has 5 rings (SSSR count). The number of carbonyl (C=O) groups excluding carboxylic acids is 1. The van der Waals surface area contributed by atoms with Crippen LogP contribution in [0.1, 0.15) is 51.3 Å². The van der Waals surface area contributed by atoms with Crippen LogP contribution in [0.5, 0.6) is 0 Å². The second-order valence-corrected chi connectivity index (χ2v) is 8.03. The molecule has 134 valence electrons. The predicted molar refractivity (Wildman–Crippen MR) is 99.3 cm³/mol. The van der Waals surface area contributed by atoms with E-state index >= 15 is 0 Å². The Hall–Kier alpha value is -2.18. The minimum absolute atomic E-state index is 0.0842. The average molecular weight is 368 g/mol. The SMILES string of the molecule is O=C(c1cc2c(s1)CCOC2)N1CCCCC1c1nc2ccccc2o1. The van der Waals surface area contributed by atoms with Gasteiger partial charge >= 0.3 is 0 Å². The van der Waals surface area contributed by atoms with Crippen molar-refractivity contribution in [3.8, 4) is 0 Å². The van der Waals surface area contributed by atoms with Crippen LogP contribution in [-0.4, -0.2) is 28.9 Å². The molecule has 2 aliphatic heterocycles. The Morgan fingerprint density at radius 3 is 3.08 bits per heavy atom. The predicted octanol–water partition coefficient (Wildman–Crippen LogP) is 4.33. The van der Waals surface area contributed by atoms with E-state index in [1.807, 2.05) is 35.2 Å². The number of amides is 1. The van der Waals surface area contributed by atoms with Crippen LogP contribution in [0.2, 0.25) is 0 Å². The molecule has 6 heteroatoms. The number of piperidine rings is 1. The Bertz CT molecular complexity index is 905. The first kappa shape index (κ1) is 16.0. The third-order valence-corrected chi connectivity index (χ3v) is 6.42. The first-order valence-electron chi connectivity index (χ1n) is 9.15. The lowest BCUT2D eigenvalue weighted by atomic mass is 10.0. The van der Waals surface area contributed by atoms with Gasteiger partial charge in [-0.15, -0.1) is 11.3 Å². The number of oxazole rings is 1. The Labute approximate surface area is 155 Å². The summed E-state index contributed by atoms with van der Waals surface area (Å²) < 4.78 is 11.5. The maximum absolute atomic E-state index is 13.2. The first-order chi connectivity index (χ1) is 12.8. The highest BCUT2D eigenvalue weighted by molar-refractivity contribution is 7.14. The number of nitrogens with zero attached hydrogens (tertiary/aromatic N) is 2. The minimum Gasteiger partial charge on any atom is -0.438 e. The zero-order valence-corrected chi connectivity index (χ0v) is 15.3. The maximum atomic E-state index is 13.2. The molecule has 2 aromatic heterocycles. The lowest BCUT2D eigenvalue weighted by Gasteiger charge is -2.33. The van der Waals surface area contributed by atoms with E-state index in [0.29, 0.717) is 12.5 Å². The molecule has 0 radical (unpaired) electrons. The standard InChI is InChI=1S/C20H20N2O3S/c23-20(18-11-13-12-24-10-8-17(13)26-18)22-9-4-3-6-15(22)19-21-14-5-1-2-7-16(14)25-19/h1-2,5,7,11,15H,3-4,6,8-10,12H2. The van der Waals surface area contributed by atoms with Crippen LogP contribution in [0.3, 0.4) is 0 Å². The molecule has 0 N–H and O–H groups in total. The number of hydrogen-bond acceptors (Lipinski definition) is 5. The molecule has 0 bridgehead atoms. The number of hydrogen-bond donors (Lipinski definition) is 0. The van der Waals surface area contributed by atoms with Crippen molar-refractivity contribution in [2.45, 2.75) is 38.3 Å². The van der Waals surface area contributed by atoms with Crippen LogP contribution in [0.25, 0.3) is 11.1 Å². The summed E-state index contributed by atoms with van der Waals surface area (Å²) in [5.74, 6) is 0.750. The summed E-state index contributed by atoms with van der Waals surface area (Å²) >= 11 is 1.62. The number of carbonyl (C=O) groups is 1. The van der Waals surface area contributed by atoms with Gasteiger partial charge in [0, 0.05) is 17.8 Å². The number of benzene rings is 1. The van der Waals surface area contributed by atoms with E-state index in [-0.39, 0.29) is 11.9 Å². The van der Waals surface area contributed by atoms with Gasteiger partial charge in [0.05, 0.1) is 18.1 Å². The summed E-state index contributed by atoms with van der Waals surface area (Å²) in [5.41, 5.74) is 2.80. The molecule has 1 saturated heterocycles. The molecule has 1 amide bonds. The third-order valence-electron chi connectivity index (χ3n) is 5.20. The van der Waals surface area contributed by atoms with E-state index in [0.717, 1.165) is 54.8 Å². The topological polar surface area (TPSA) is 55.6 Å². The largest absolute Gasteiger partial charge is 0.438 e. The molecule has 0 saturated carbocycles. The molecular formula is C20H20N2O3S. The summed E-state index contributed by atoms with van der Waals surface area (Å²) in [7, 11) is 0. The second-order valence-electron chi connectivity index (χ2n) is 6.89. The van der Waals surface area contributed by atoms with Crippen LogP contribution >= 0.6 is 11.3 Å². The van der Waals surface area contributed by atoms with Crippen molar-refractivity contribution in [1.82, 2.24) is 9.88 Å². The van der Waals surface area contributed by atoms with Crippen molar-refractivity contribution in [3.63, 3.8) is 0 Å². The molecule has 0 spiro atoms. The quantitative estimate of drug-likeness (QED) is 0.676. The highest BCUT2D eigenvalue weighted by atomic mass is 32.1. The summed E-state index contributed by atoms with van der Waals surface area (Å²) in [6.07, 6.45) is 3.91. The smallest absolute Gasteiger partial charge is 0.264 e. The highest BCUT2D eigenvalue weighted by Crippen LogP contribution is 2.35. The van der Waals surface area contributed by atoms with E-state index in [1.165, 1.54) is 10.4 Å². The Kier molecular flexibility index (Phi) is 4.02. The van der Waals surface area contributed by atoms with E-state index < -0.39 is 0 Å². The van der Waals surface area contributed by atoms with Gasteiger partial charge in [-0.25, -0.2) is 4.98 Å². The van der Waals surface area contributed by atoms with Crippen molar-refractivity contribution in [2.75, 3.05) is 13.2 Å². The molecule has 26 heavy (non-hydrogen) atoms. The number of likely N-dealkylation sites (tertiary alicyclic amines) is 1. The fourth-order valence-electron chi connectivity index (χ4n) is 3.86. The van der Waals surface area contributed by atoms with Crippen molar-refractivity contribution in [2.24, 2.45) is 0 Å². The van der Waals surface area contributed by atoms with Crippen LogP contribution < -0.4 is 0 Å². The Morgan fingerprint density at radius 1 is 1.27 bits per heavy atom. The van der Waals surface area contributed by atoms with Gasteiger partial charge in [0.1, 0.15) is 11.6 Å². The summed E-state index contributed by atoms with van der Waals surface area (Å²) in [5, 5.41) is 0. The van der Waals surface area contributed by atoms with Gasteiger partial charge in [0.2, 0.25) is 5.89 Å². The van der Waals surface area contributed by atoms with Crippen LogP contribution in [0, 0.1) is 0 Å². The zero-order chi connectivity index (χ0) is 17.5. The van der Waals surface area contributed by atoms with Gasteiger partial charge in [0.25, 0.3) is 5.91 Å². The summed E-state index contributed by atoms with van der Waals surface area (Å²) in [6.45, 7) is 2.12. The zero-order valence-electron chi connectivity index (χ0n) is 14.4. The maximum Gasteiger partial charge on any atom is 0.264 e. The number of aromatic nitrogens is 1. The van der Waals surface area contributed by atoms with Crippen LogP contribution in [0.4, 0.5) is 0 Å². The molecule has 1 fully saturated rings. The van der Waals surface area contributed by atoms with Crippen molar-refractivity contribution < 1.29 is 13.9 Å². The summed E-state index contributed by atoms with van der Waals surface area (Å²) in [6, 6.07) is 9.70. The average Bonchev–Trinajstić information content (AvgIpc) is 3.31. The van der Waals surface area contributed by atoms with E-state index in [4.69, 9.17) is 9.15 Å². The van der Waals surface area contributed by atoms with Gasteiger partial charge in [-0.2, -0.15) is 0 Å². The lowest BCUT2D eigenvalue weighted by molar-refractivity contribution is 0.0579. The molecule has 4 heterocycles. The van der Waals surface area contributed by atoms with Gasteiger partial charge in [-0.05, 0) is 43.0 Å². The first-order valence-corrected chi connectivity index (χ1v) is 9.97. The van der Waals surface area contributed by atoms with Crippen LogP contribution in [0.15, 0.2) is 34.7 Å². The van der Waals surface area contributed by atoms with E-state index in [1.54, 1.807) is 11.3 Å². The number of fused-ring (bicyclic) bond motifs is 2. The fourth-order valence-corrected chi connectivity index (χ4v) is 4.96. The molecule has 0 aliphatic carbocycles. The highest BCUT2D eigenvalue weighted by Gasteiger charge is 2.33. The number of ether oxygens (including phenoxy) is 1. The molecule has 5 nitrogen and oxygen atoms in total. The molecule has 1 atom stereocenters. The van der Waals surface area contributed by atoms with Gasteiger partial charge in [0.15, 0.2) is 5.58 Å². The van der Waals surface area contributed by atoms with Crippen LogP contribution in [-0.2, 0) is 17.8 Å². The summed E-state index contributed by atoms with van der Waals surface area (Å²) in [4.78, 5) is 21.9. The number of rotatable bonds is 2. The van der Waals surface area contributed by atoms with E-state index in [9.17, 15) is 4.79 Å². The monoisotopic (exact) mass is 368 g/mol. The minimum atomic E-state index is -0.0842. The number of para-hydroxylation sites is 2. The lowest BCUT2D eigenvalue weighted by Crippen LogP contribution is -2.38. The number of thiophene rings is 1. The van der Waals surface area contributed by atoms with E-state index in [2.05, 4.69) is 4.98 Å².